The summed E-state index contributed by atoms with van der Waals surface area (Å²) in [6.45, 7) is 9.25. The predicted molar refractivity (Wildman–Crippen MR) is 113 cm³/mol. The van der Waals surface area contributed by atoms with Crippen LogP contribution in [0, 0.1) is 11.3 Å². The third-order valence-electron chi connectivity index (χ3n) is 8.16. The summed E-state index contributed by atoms with van der Waals surface area (Å²) in [5.74, 6) is 0.596. The van der Waals surface area contributed by atoms with Gasteiger partial charge in [-0.1, -0.05) is 46.5 Å². The van der Waals surface area contributed by atoms with E-state index in [0.29, 0.717) is 11.5 Å². The van der Waals surface area contributed by atoms with Crippen LogP contribution < -0.4 is 0 Å². The fourth-order valence-corrected chi connectivity index (χ4v) is 5.59. The van der Waals surface area contributed by atoms with Gasteiger partial charge in [-0.2, -0.15) is 0 Å². The van der Waals surface area contributed by atoms with E-state index in [1.54, 1.807) is 0 Å². The molecule has 1 heterocycles. The minimum atomic E-state index is -0.232. The Morgan fingerprint density at radius 1 is 1.00 bits per heavy atom. The molecule has 1 saturated heterocycles. The van der Waals surface area contributed by atoms with Crippen LogP contribution in [-0.4, -0.2) is 43.0 Å². The summed E-state index contributed by atoms with van der Waals surface area (Å²) >= 11 is 0. The van der Waals surface area contributed by atoms with Crippen molar-refractivity contribution in [3.8, 4) is 0 Å². The zero-order chi connectivity index (χ0) is 19.3. The first-order valence-corrected chi connectivity index (χ1v) is 12.0. The van der Waals surface area contributed by atoms with Gasteiger partial charge in [0.2, 0.25) is 0 Å². The van der Waals surface area contributed by atoms with E-state index < -0.39 is 0 Å². The van der Waals surface area contributed by atoms with Crippen LogP contribution in [0.5, 0.6) is 0 Å². The maximum atomic E-state index is 6.47. The summed E-state index contributed by atoms with van der Waals surface area (Å²) in [6, 6.07) is 0.843. The number of unbranched alkanes of at least 4 members (excludes halogenated alkanes) is 1. The van der Waals surface area contributed by atoms with Gasteiger partial charge in [-0.15, -0.1) is 0 Å². The summed E-state index contributed by atoms with van der Waals surface area (Å²) in [5.41, 5.74) is 0.462. The maximum Gasteiger partial charge on any atom is 0.168 e. The van der Waals surface area contributed by atoms with Crippen LogP contribution in [0.3, 0.4) is 0 Å². The van der Waals surface area contributed by atoms with E-state index in [9.17, 15) is 0 Å². The van der Waals surface area contributed by atoms with E-state index in [4.69, 9.17) is 9.47 Å². The molecule has 0 aromatic carbocycles. The molecule has 1 spiro atoms. The molecule has 0 radical (unpaired) electrons. The first-order chi connectivity index (χ1) is 12.9. The van der Waals surface area contributed by atoms with Gasteiger partial charge in [0.1, 0.15) is 0 Å². The molecular weight excluding hydrogens is 334 g/mol. The van der Waals surface area contributed by atoms with E-state index in [2.05, 4.69) is 32.7 Å². The van der Waals surface area contributed by atoms with Crippen molar-refractivity contribution in [3.63, 3.8) is 0 Å². The standard InChI is InChI=1S/C24H45NO2/c1-5-23(2,3)20-14-16-24(17-15-20)26-19-22(27-24)13-9-10-18-25(4)21-11-7-6-8-12-21/h20-22H,5-19H2,1-4H3. The van der Waals surface area contributed by atoms with Crippen LogP contribution in [0.2, 0.25) is 0 Å². The molecule has 1 aliphatic heterocycles. The van der Waals surface area contributed by atoms with Crippen molar-refractivity contribution in [1.82, 2.24) is 4.90 Å². The molecule has 1 atom stereocenters. The lowest BCUT2D eigenvalue weighted by Crippen LogP contribution is -2.39. The summed E-state index contributed by atoms with van der Waals surface area (Å²) in [6.07, 6.45) is 17.2. The van der Waals surface area contributed by atoms with Gasteiger partial charge in [-0.3, -0.25) is 0 Å². The van der Waals surface area contributed by atoms with E-state index in [0.717, 1.165) is 31.4 Å². The second-order valence-corrected chi connectivity index (χ2v) is 10.3. The van der Waals surface area contributed by atoms with Crippen molar-refractivity contribution in [1.29, 1.82) is 0 Å². The van der Waals surface area contributed by atoms with E-state index in [1.165, 1.54) is 77.2 Å². The summed E-state index contributed by atoms with van der Waals surface area (Å²) in [5, 5.41) is 0. The molecule has 158 valence electrons. The second kappa shape index (κ2) is 9.59. The van der Waals surface area contributed by atoms with Gasteiger partial charge in [-0.25, -0.2) is 0 Å². The molecular formula is C24H45NO2. The smallest absolute Gasteiger partial charge is 0.168 e. The quantitative estimate of drug-likeness (QED) is 0.471. The zero-order valence-corrected chi connectivity index (χ0v) is 18.6. The fraction of sp³-hybridized carbons (Fsp3) is 1.00. The first kappa shape index (κ1) is 21.6. The van der Waals surface area contributed by atoms with Crippen LogP contribution in [-0.2, 0) is 9.47 Å². The lowest BCUT2D eigenvalue weighted by molar-refractivity contribution is -0.197. The van der Waals surface area contributed by atoms with Gasteiger partial charge in [0.25, 0.3) is 0 Å². The highest BCUT2D eigenvalue weighted by molar-refractivity contribution is 4.89. The Morgan fingerprint density at radius 3 is 2.37 bits per heavy atom. The Bertz CT molecular complexity index is 436. The highest BCUT2D eigenvalue weighted by Gasteiger charge is 2.46. The van der Waals surface area contributed by atoms with Crippen LogP contribution in [0.4, 0.5) is 0 Å². The number of hydrogen-bond donors (Lipinski definition) is 0. The zero-order valence-electron chi connectivity index (χ0n) is 18.6. The molecule has 3 heteroatoms. The van der Waals surface area contributed by atoms with Crippen molar-refractivity contribution < 1.29 is 9.47 Å². The monoisotopic (exact) mass is 379 g/mol. The van der Waals surface area contributed by atoms with E-state index in [-0.39, 0.29) is 5.79 Å². The van der Waals surface area contributed by atoms with Crippen molar-refractivity contribution >= 4 is 0 Å². The Labute approximate surface area is 168 Å². The Balaban J connectivity index is 1.32. The third kappa shape index (κ3) is 5.70. The summed E-state index contributed by atoms with van der Waals surface area (Å²) < 4.78 is 12.7. The molecule has 0 aromatic rings. The topological polar surface area (TPSA) is 21.7 Å². The molecule has 0 aromatic heterocycles. The van der Waals surface area contributed by atoms with Crippen molar-refractivity contribution in [2.75, 3.05) is 20.2 Å². The van der Waals surface area contributed by atoms with Gasteiger partial charge in [0.15, 0.2) is 5.79 Å². The molecule has 0 bridgehead atoms. The molecule has 3 nitrogen and oxygen atoms in total. The minimum absolute atomic E-state index is 0.232. The normalized spacial score (nSPS) is 33.2. The van der Waals surface area contributed by atoms with Crippen LogP contribution in [0.15, 0.2) is 0 Å². The SMILES string of the molecule is CCC(C)(C)C1CCC2(CC1)OCC(CCCCN(C)C1CCCCC1)O2. The lowest BCUT2D eigenvalue weighted by atomic mass is 9.68. The first-order valence-electron chi connectivity index (χ1n) is 12.0. The van der Waals surface area contributed by atoms with Crippen molar-refractivity contribution in [3.05, 3.63) is 0 Å². The predicted octanol–water partition coefficient (Wildman–Crippen LogP) is 6.16. The molecule has 0 amide bonds. The average molecular weight is 380 g/mol. The van der Waals surface area contributed by atoms with Gasteiger partial charge in [0, 0.05) is 18.9 Å². The molecule has 2 aliphatic carbocycles. The maximum absolute atomic E-state index is 6.47. The van der Waals surface area contributed by atoms with Crippen molar-refractivity contribution in [2.45, 2.75) is 122 Å². The number of hydrogen-bond acceptors (Lipinski definition) is 3. The van der Waals surface area contributed by atoms with Gasteiger partial charge in [0.05, 0.1) is 12.7 Å². The van der Waals surface area contributed by atoms with Crippen molar-refractivity contribution in [2.24, 2.45) is 11.3 Å². The lowest BCUT2D eigenvalue weighted by Gasteiger charge is -2.42. The van der Waals surface area contributed by atoms with Gasteiger partial charge >= 0.3 is 0 Å². The van der Waals surface area contributed by atoms with E-state index in [1.807, 2.05) is 0 Å². The summed E-state index contributed by atoms with van der Waals surface area (Å²) in [7, 11) is 2.33. The van der Waals surface area contributed by atoms with Crippen LogP contribution in [0.25, 0.3) is 0 Å². The summed E-state index contributed by atoms with van der Waals surface area (Å²) in [4.78, 5) is 2.61. The Kier molecular flexibility index (Phi) is 7.66. The molecule has 3 aliphatic rings. The van der Waals surface area contributed by atoms with Crippen LogP contribution >= 0.6 is 0 Å². The third-order valence-corrected chi connectivity index (χ3v) is 8.16. The Hall–Kier alpha value is -0.120. The van der Waals surface area contributed by atoms with Crippen LogP contribution in [0.1, 0.15) is 104 Å². The molecule has 3 rings (SSSR count). The Morgan fingerprint density at radius 2 is 1.70 bits per heavy atom. The van der Waals surface area contributed by atoms with E-state index >= 15 is 0 Å². The average Bonchev–Trinajstić information content (AvgIpc) is 3.08. The largest absolute Gasteiger partial charge is 0.347 e. The van der Waals surface area contributed by atoms with Gasteiger partial charge < -0.3 is 14.4 Å². The fourth-order valence-electron chi connectivity index (χ4n) is 5.59. The van der Waals surface area contributed by atoms with Gasteiger partial charge in [-0.05, 0) is 69.9 Å². The molecule has 0 N–H and O–H groups in total. The highest BCUT2D eigenvalue weighted by Crippen LogP contribution is 2.47. The number of nitrogens with zero attached hydrogens (tertiary/aromatic N) is 1. The number of ether oxygens (including phenoxy) is 2. The number of rotatable bonds is 8. The molecule has 27 heavy (non-hydrogen) atoms. The highest BCUT2D eigenvalue weighted by atomic mass is 16.7. The molecule has 2 saturated carbocycles. The second-order valence-electron chi connectivity index (χ2n) is 10.3. The molecule has 3 fully saturated rings. The minimum Gasteiger partial charge on any atom is -0.347 e. The molecule has 1 unspecified atom stereocenters.